The van der Waals surface area contributed by atoms with Gasteiger partial charge >= 0.3 is 0 Å². The van der Waals surface area contributed by atoms with E-state index in [1.165, 1.54) is 0 Å². The Bertz CT molecular complexity index is 688. The van der Waals surface area contributed by atoms with Crippen molar-refractivity contribution >= 4 is 18.3 Å². The second kappa shape index (κ2) is 9.42. The number of nitrogens with one attached hydrogen (secondary N) is 2. The summed E-state index contributed by atoms with van der Waals surface area (Å²) < 4.78 is 11.3. The Balaban J connectivity index is 0.00000225. The van der Waals surface area contributed by atoms with Crippen molar-refractivity contribution in [1.82, 2.24) is 10.6 Å². The molecule has 1 aliphatic heterocycles. The van der Waals surface area contributed by atoms with Gasteiger partial charge in [0.2, 0.25) is 5.91 Å². The highest BCUT2D eigenvalue weighted by Gasteiger charge is 2.21. The highest BCUT2D eigenvalue weighted by atomic mass is 35.5. The summed E-state index contributed by atoms with van der Waals surface area (Å²) in [5.74, 6) is 1.48. The molecule has 0 bridgehead atoms. The SMILES string of the molecule is Cc1ccc(CNC(=O)C2COCCN2)c(Oc2ccccc2)c1.Cl. The van der Waals surface area contributed by atoms with Crippen molar-refractivity contribution in [1.29, 1.82) is 0 Å². The number of para-hydroxylation sites is 1. The van der Waals surface area contributed by atoms with Gasteiger partial charge in [-0.25, -0.2) is 0 Å². The van der Waals surface area contributed by atoms with Crippen LogP contribution in [0.4, 0.5) is 0 Å². The summed E-state index contributed by atoms with van der Waals surface area (Å²) >= 11 is 0. The lowest BCUT2D eigenvalue weighted by atomic mass is 10.1. The zero-order valence-corrected chi connectivity index (χ0v) is 15.0. The zero-order chi connectivity index (χ0) is 16.8. The number of halogens is 1. The summed E-state index contributed by atoms with van der Waals surface area (Å²) in [6.07, 6.45) is 0. The van der Waals surface area contributed by atoms with Gasteiger partial charge in [-0.3, -0.25) is 4.79 Å². The molecule has 1 heterocycles. The van der Waals surface area contributed by atoms with E-state index in [0.29, 0.717) is 26.3 Å². The van der Waals surface area contributed by atoms with Crippen LogP contribution in [0.15, 0.2) is 48.5 Å². The third-order valence-corrected chi connectivity index (χ3v) is 3.88. The Morgan fingerprint density at radius 1 is 1.28 bits per heavy atom. The minimum atomic E-state index is -0.289. The Hall–Kier alpha value is -2.08. The van der Waals surface area contributed by atoms with E-state index in [4.69, 9.17) is 9.47 Å². The summed E-state index contributed by atoms with van der Waals surface area (Å²) in [5.41, 5.74) is 2.05. The Kier molecular flexibility index (Phi) is 7.25. The van der Waals surface area contributed by atoms with Gasteiger partial charge in [0, 0.05) is 18.7 Å². The molecule has 0 saturated carbocycles. The summed E-state index contributed by atoms with van der Waals surface area (Å²) in [4.78, 5) is 12.2. The third kappa shape index (κ3) is 5.46. The van der Waals surface area contributed by atoms with Gasteiger partial charge in [-0.1, -0.05) is 30.3 Å². The maximum Gasteiger partial charge on any atom is 0.239 e. The molecule has 2 aromatic carbocycles. The second-order valence-corrected chi connectivity index (χ2v) is 5.83. The number of rotatable bonds is 5. The Morgan fingerprint density at radius 2 is 2.08 bits per heavy atom. The number of carbonyl (C=O) groups excluding carboxylic acids is 1. The zero-order valence-electron chi connectivity index (χ0n) is 14.2. The van der Waals surface area contributed by atoms with Gasteiger partial charge in [0.15, 0.2) is 0 Å². The molecule has 25 heavy (non-hydrogen) atoms. The van der Waals surface area contributed by atoms with Crippen LogP contribution in [-0.4, -0.2) is 31.7 Å². The topological polar surface area (TPSA) is 59.6 Å². The van der Waals surface area contributed by atoms with E-state index >= 15 is 0 Å². The monoisotopic (exact) mass is 362 g/mol. The van der Waals surface area contributed by atoms with Crippen LogP contribution < -0.4 is 15.4 Å². The van der Waals surface area contributed by atoms with Crippen LogP contribution >= 0.6 is 12.4 Å². The van der Waals surface area contributed by atoms with E-state index in [9.17, 15) is 4.79 Å². The minimum Gasteiger partial charge on any atom is -0.457 e. The van der Waals surface area contributed by atoms with Gasteiger partial charge in [0.1, 0.15) is 17.5 Å². The molecule has 2 aromatic rings. The maximum atomic E-state index is 12.2. The number of hydrogen-bond donors (Lipinski definition) is 2. The van der Waals surface area contributed by atoms with Gasteiger partial charge in [-0.2, -0.15) is 0 Å². The molecule has 0 aromatic heterocycles. The van der Waals surface area contributed by atoms with Gasteiger partial charge in [0.25, 0.3) is 0 Å². The molecule has 6 heteroatoms. The largest absolute Gasteiger partial charge is 0.457 e. The molecule has 1 atom stereocenters. The first-order chi connectivity index (χ1) is 11.7. The van der Waals surface area contributed by atoms with E-state index in [1.54, 1.807) is 0 Å². The van der Waals surface area contributed by atoms with Crippen LogP contribution in [0.5, 0.6) is 11.5 Å². The number of amides is 1. The quantitative estimate of drug-likeness (QED) is 0.858. The summed E-state index contributed by atoms with van der Waals surface area (Å²) in [7, 11) is 0. The lowest BCUT2D eigenvalue weighted by molar-refractivity contribution is -0.126. The van der Waals surface area contributed by atoms with E-state index in [1.807, 2.05) is 55.5 Å². The lowest BCUT2D eigenvalue weighted by Crippen LogP contribution is -2.51. The van der Waals surface area contributed by atoms with E-state index < -0.39 is 0 Å². The van der Waals surface area contributed by atoms with Crippen molar-refractivity contribution < 1.29 is 14.3 Å². The van der Waals surface area contributed by atoms with Crippen molar-refractivity contribution in [3.8, 4) is 11.5 Å². The van der Waals surface area contributed by atoms with Gasteiger partial charge < -0.3 is 20.1 Å². The summed E-state index contributed by atoms with van der Waals surface area (Å²) in [5, 5.41) is 6.10. The number of hydrogen-bond acceptors (Lipinski definition) is 4. The predicted octanol–water partition coefficient (Wildman–Crippen LogP) is 2.81. The average Bonchev–Trinajstić information content (AvgIpc) is 2.62. The highest BCUT2D eigenvalue weighted by molar-refractivity contribution is 5.85. The third-order valence-electron chi connectivity index (χ3n) is 3.88. The van der Waals surface area contributed by atoms with Crippen LogP contribution in [0.3, 0.4) is 0 Å². The number of benzene rings is 2. The molecule has 5 nitrogen and oxygen atoms in total. The molecule has 1 fully saturated rings. The van der Waals surface area contributed by atoms with Crippen LogP contribution in [0, 0.1) is 6.92 Å². The fourth-order valence-corrected chi connectivity index (χ4v) is 2.56. The van der Waals surface area contributed by atoms with Crippen molar-refractivity contribution in [2.45, 2.75) is 19.5 Å². The fraction of sp³-hybridized carbons (Fsp3) is 0.316. The first-order valence-electron chi connectivity index (χ1n) is 8.13. The molecule has 0 aliphatic carbocycles. The summed E-state index contributed by atoms with van der Waals surface area (Å²) in [6.45, 7) is 4.19. The van der Waals surface area contributed by atoms with Crippen molar-refractivity contribution in [2.24, 2.45) is 0 Å². The van der Waals surface area contributed by atoms with E-state index in [-0.39, 0.29) is 24.4 Å². The molecule has 0 radical (unpaired) electrons. The standard InChI is InChI=1S/C19H22N2O3.ClH/c1-14-7-8-15(12-21-19(22)17-13-23-10-9-20-17)18(11-14)24-16-5-3-2-4-6-16;/h2-8,11,17,20H,9-10,12-13H2,1H3,(H,21,22);1H. The molecule has 1 saturated heterocycles. The molecule has 134 valence electrons. The molecular weight excluding hydrogens is 340 g/mol. The van der Waals surface area contributed by atoms with Crippen LogP contribution in [0.25, 0.3) is 0 Å². The predicted molar refractivity (Wildman–Crippen MR) is 99.4 cm³/mol. The number of ether oxygens (including phenoxy) is 2. The molecule has 2 N–H and O–H groups in total. The van der Waals surface area contributed by atoms with Gasteiger partial charge in [-0.05, 0) is 30.7 Å². The van der Waals surface area contributed by atoms with Crippen molar-refractivity contribution in [2.75, 3.05) is 19.8 Å². The molecule has 1 amide bonds. The first kappa shape index (κ1) is 19.2. The first-order valence-corrected chi connectivity index (χ1v) is 8.13. The molecule has 1 aliphatic rings. The van der Waals surface area contributed by atoms with E-state index in [0.717, 1.165) is 22.6 Å². The highest BCUT2D eigenvalue weighted by Crippen LogP contribution is 2.26. The number of morpholine rings is 1. The van der Waals surface area contributed by atoms with Gasteiger partial charge in [0.05, 0.1) is 13.2 Å². The molecule has 3 rings (SSSR count). The summed E-state index contributed by atoms with van der Waals surface area (Å²) in [6, 6.07) is 15.3. The molecule has 0 spiro atoms. The van der Waals surface area contributed by atoms with Crippen LogP contribution in [0.2, 0.25) is 0 Å². The maximum absolute atomic E-state index is 12.2. The molecular formula is C19H23ClN2O3. The fourth-order valence-electron chi connectivity index (χ4n) is 2.56. The van der Waals surface area contributed by atoms with Crippen molar-refractivity contribution in [3.05, 3.63) is 59.7 Å². The lowest BCUT2D eigenvalue weighted by Gasteiger charge is -2.23. The molecule has 1 unspecified atom stereocenters. The average molecular weight is 363 g/mol. The van der Waals surface area contributed by atoms with Crippen molar-refractivity contribution in [3.63, 3.8) is 0 Å². The van der Waals surface area contributed by atoms with E-state index in [2.05, 4.69) is 10.6 Å². The van der Waals surface area contributed by atoms with Gasteiger partial charge in [-0.15, -0.1) is 12.4 Å². The smallest absolute Gasteiger partial charge is 0.239 e. The Morgan fingerprint density at radius 3 is 2.80 bits per heavy atom. The minimum absolute atomic E-state index is 0. The van der Waals surface area contributed by atoms with Crippen LogP contribution in [-0.2, 0) is 16.1 Å². The Labute approximate surface area is 154 Å². The second-order valence-electron chi connectivity index (χ2n) is 5.83. The van der Waals surface area contributed by atoms with Crippen LogP contribution in [0.1, 0.15) is 11.1 Å². The number of aryl methyl sites for hydroxylation is 1. The normalized spacial score (nSPS) is 16.6. The number of carbonyl (C=O) groups is 1.